The van der Waals surface area contributed by atoms with E-state index in [4.69, 9.17) is 5.11 Å². The molecule has 1 N–H and O–H groups in total. The van der Waals surface area contributed by atoms with E-state index in [1.54, 1.807) is 18.2 Å². The second-order valence-electron chi connectivity index (χ2n) is 4.38. The normalized spacial score (nSPS) is 13.3. The van der Waals surface area contributed by atoms with E-state index in [9.17, 15) is 18.0 Å². The Morgan fingerprint density at radius 1 is 1.37 bits per heavy atom. The summed E-state index contributed by atoms with van der Waals surface area (Å²) in [6.45, 7) is 0. The lowest BCUT2D eigenvalue weighted by Gasteiger charge is -2.13. The maximum Gasteiger partial charge on any atom is 0.389 e. The van der Waals surface area contributed by atoms with Crippen molar-refractivity contribution >= 4 is 21.9 Å². The van der Waals surface area contributed by atoms with Crippen LogP contribution in [-0.4, -0.2) is 17.3 Å². The summed E-state index contributed by atoms with van der Waals surface area (Å²) in [5.41, 5.74) is 0.800. The van der Waals surface area contributed by atoms with Gasteiger partial charge >= 0.3 is 12.1 Å². The number of carbonyl (C=O) groups is 1. The van der Waals surface area contributed by atoms with Crippen molar-refractivity contribution in [3.63, 3.8) is 0 Å². The van der Waals surface area contributed by atoms with Gasteiger partial charge in [-0.05, 0) is 37.0 Å². The van der Waals surface area contributed by atoms with Crippen LogP contribution in [0.15, 0.2) is 28.7 Å². The number of aliphatic carboxylic acids is 1. The summed E-state index contributed by atoms with van der Waals surface area (Å²) in [5, 5.41) is 9.04. The van der Waals surface area contributed by atoms with Gasteiger partial charge in [-0.3, -0.25) is 4.79 Å². The minimum absolute atomic E-state index is 0.0291. The van der Waals surface area contributed by atoms with Crippen LogP contribution in [0.1, 0.15) is 24.8 Å². The average molecular weight is 339 g/mol. The first-order valence-corrected chi connectivity index (χ1v) is 6.61. The Bertz CT molecular complexity index is 432. The number of halogens is 4. The van der Waals surface area contributed by atoms with Crippen LogP contribution in [0.4, 0.5) is 13.2 Å². The van der Waals surface area contributed by atoms with Gasteiger partial charge in [-0.2, -0.15) is 13.2 Å². The molecule has 0 aliphatic carbocycles. The first-order chi connectivity index (χ1) is 8.78. The van der Waals surface area contributed by atoms with Gasteiger partial charge in [-0.25, -0.2) is 0 Å². The standard InChI is InChI=1S/C13H14BrF3O2/c14-11-5-1-3-9(8-11)7-10(12(18)19)4-2-6-13(15,16)17/h1,3,5,8,10H,2,4,6-7H2,(H,18,19). The molecule has 0 aliphatic heterocycles. The predicted molar refractivity (Wildman–Crippen MR) is 68.9 cm³/mol. The molecule has 1 rings (SSSR count). The van der Waals surface area contributed by atoms with Crippen LogP contribution in [-0.2, 0) is 11.2 Å². The van der Waals surface area contributed by atoms with Crippen LogP contribution in [0.3, 0.4) is 0 Å². The number of benzene rings is 1. The Morgan fingerprint density at radius 2 is 2.05 bits per heavy atom. The third-order valence-electron chi connectivity index (χ3n) is 2.73. The van der Waals surface area contributed by atoms with Gasteiger partial charge in [0.2, 0.25) is 0 Å². The van der Waals surface area contributed by atoms with Gasteiger partial charge < -0.3 is 5.11 Å². The summed E-state index contributed by atoms with van der Waals surface area (Å²) in [5.74, 6) is -1.83. The summed E-state index contributed by atoms with van der Waals surface area (Å²) in [6, 6.07) is 7.13. The Hall–Kier alpha value is -1.04. The molecule has 0 bridgehead atoms. The number of hydrogen-bond acceptors (Lipinski definition) is 1. The van der Waals surface area contributed by atoms with Crippen LogP contribution >= 0.6 is 15.9 Å². The van der Waals surface area contributed by atoms with Crippen molar-refractivity contribution in [3.8, 4) is 0 Å². The smallest absolute Gasteiger partial charge is 0.389 e. The molecule has 0 aliphatic rings. The molecule has 2 nitrogen and oxygen atoms in total. The third kappa shape index (κ3) is 6.61. The fourth-order valence-corrected chi connectivity index (χ4v) is 2.26. The van der Waals surface area contributed by atoms with E-state index in [1.807, 2.05) is 6.07 Å². The molecule has 1 unspecified atom stereocenters. The molecule has 0 heterocycles. The zero-order chi connectivity index (χ0) is 14.5. The van der Waals surface area contributed by atoms with Crippen LogP contribution in [0.25, 0.3) is 0 Å². The summed E-state index contributed by atoms with van der Waals surface area (Å²) < 4.78 is 36.9. The fourth-order valence-electron chi connectivity index (χ4n) is 1.81. The average Bonchev–Trinajstić information content (AvgIpc) is 2.26. The molecule has 0 radical (unpaired) electrons. The molecule has 106 valence electrons. The van der Waals surface area contributed by atoms with E-state index in [0.717, 1.165) is 10.0 Å². The first kappa shape index (κ1) is 16.0. The topological polar surface area (TPSA) is 37.3 Å². The fraction of sp³-hybridized carbons (Fsp3) is 0.462. The van der Waals surface area contributed by atoms with Crippen molar-refractivity contribution in [1.82, 2.24) is 0 Å². The SMILES string of the molecule is O=C(O)C(CCCC(F)(F)F)Cc1cccc(Br)c1. The van der Waals surface area contributed by atoms with Crippen LogP contribution in [0.2, 0.25) is 0 Å². The molecule has 0 saturated heterocycles. The van der Waals surface area contributed by atoms with Gasteiger partial charge in [0.05, 0.1) is 5.92 Å². The van der Waals surface area contributed by atoms with Crippen LogP contribution < -0.4 is 0 Å². The minimum atomic E-state index is -4.22. The Labute approximate surface area is 117 Å². The quantitative estimate of drug-likeness (QED) is 0.833. The highest BCUT2D eigenvalue weighted by Crippen LogP contribution is 2.25. The summed E-state index contributed by atoms with van der Waals surface area (Å²) in [6.07, 6.45) is -5.05. The molecular weight excluding hydrogens is 325 g/mol. The van der Waals surface area contributed by atoms with E-state index in [-0.39, 0.29) is 19.3 Å². The maximum atomic E-state index is 12.0. The maximum absolute atomic E-state index is 12.0. The van der Waals surface area contributed by atoms with Crippen molar-refractivity contribution in [2.24, 2.45) is 5.92 Å². The zero-order valence-electron chi connectivity index (χ0n) is 10.1. The van der Waals surface area contributed by atoms with E-state index < -0.39 is 24.5 Å². The van der Waals surface area contributed by atoms with E-state index in [0.29, 0.717) is 0 Å². The van der Waals surface area contributed by atoms with Gasteiger partial charge in [0.25, 0.3) is 0 Å². The predicted octanol–water partition coefficient (Wildman–Crippen LogP) is 4.43. The number of alkyl halides is 3. The molecule has 0 saturated carbocycles. The molecule has 0 aromatic heterocycles. The highest BCUT2D eigenvalue weighted by molar-refractivity contribution is 9.10. The number of carboxylic acids is 1. The number of carboxylic acid groups (broad SMARTS) is 1. The Balaban J connectivity index is 2.56. The molecule has 1 aromatic carbocycles. The van der Waals surface area contributed by atoms with Gasteiger partial charge in [-0.1, -0.05) is 28.1 Å². The van der Waals surface area contributed by atoms with E-state index in [2.05, 4.69) is 15.9 Å². The first-order valence-electron chi connectivity index (χ1n) is 5.82. The monoisotopic (exact) mass is 338 g/mol. The van der Waals surface area contributed by atoms with Crippen molar-refractivity contribution in [3.05, 3.63) is 34.3 Å². The van der Waals surface area contributed by atoms with Gasteiger partial charge in [-0.15, -0.1) is 0 Å². The molecule has 0 spiro atoms. The molecule has 1 aromatic rings. The molecule has 0 fully saturated rings. The lowest BCUT2D eigenvalue weighted by atomic mass is 9.94. The van der Waals surface area contributed by atoms with Crippen molar-refractivity contribution < 1.29 is 23.1 Å². The second-order valence-corrected chi connectivity index (χ2v) is 5.29. The number of rotatable bonds is 6. The van der Waals surface area contributed by atoms with Gasteiger partial charge in [0.15, 0.2) is 0 Å². The Kier molecular flexibility index (Phi) is 5.85. The zero-order valence-corrected chi connectivity index (χ0v) is 11.7. The van der Waals surface area contributed by atoms with E-state index >= 15 is 0 Å². The summed E-state index contributed by atoms with van der Waals surface area (Å²) >= 11 is 3.27. The minimum Gasteiger partial charge on any atom is -0.481 e. The van der Waals surface area contributed by atoms with Crippen molar-refractivity contribution in [1.29, 1.82) is 0 Å². The third-order valence-corrected chi connectivity index (χ3v) is 3.23. The van der Waals surface area contributed by atoms with Crippen LogP contribution in [0.5, 0.6) is 0 Å². The Morgan fingerprint density at radius 3 is 2.58 bits per heavy atom. The van der Waals surface area contributed by atoms with Crippen LogP contribution in [0, 0.1) is 5.92 Å². The van der Waals surface area contributed by atoms with Gasteiger partial charge in [0.1, 0.15) is 0 Å². The highest BCUT2D eigenvalue weighted by atomic mass is 79.9. The van der Waals surface area contributed by atoms with Crippen molar-refractivity contribution in [2.75, 3.05) is 0 Å². The largest absolute Gasteiger partial charge is 0.481 e. The van der Waals surface area contributed by atoms with Crippen molar-refractivity contribution in [2.45, 2.75) is 31.9 Å². The molecule has 1 atom stereocenters. The molecule has 0 amide bonds. The lowest BCUT2D eigenvalue weighted by Crippen LogP contribution is -2.18. The molecule has 6 heteroatoms. The number of hydrogen-bond donors (Lipinski definition) is 1. The summed E-state index contributed by atoms with van der Waals surface area (Å²) in [4.78, 5) is 11.1. The lowest BCUT2D eigenvalue weighted by molar-refractivity contribution is -0.145. The highest BCUT2D eigenvalue weighted by Gasteiger charge is 2.28. The van der Waals surface area contributed by atoms with E-state index in [1.165, 1.54) is 0 Å². The van der Waals surface area contributed by atoms with Gasteiger partial charge in [0, 0.05) is 10.9 Å². The summed E-state index contributed by atoms with van der Waals surface area (Å²) in [7, 11) is 0. The second kappa shape index (κ2) is 6.93. The molecular formula is C13H14BrF3O2. The molecule has 19 heavy (non-hydrogen) atoms.